The van der Waals surface area contributed by atoms with E-state index in [2.05, 4.69) is 27.7 Å². The van der Waals surface area contributed by atoms with Crippen LogP contribution >= 0.6 is 12.6 Å². The predicted octanol–water partition coefficient (Wildman–Crippen LogP) is 6.11. The van der Waals surface area contributed by atoms with E-state index < -0.39 is 0 Å². The van der Waals surface area contributed by atoms with Crippen LogP contribution in [0, 0.1) is 22.2 Å². The first kappa shape index (κ1) is 15.7. The maximum atomic E-state index is 4.83. The van der Waals surface area contributed by atoms with Gasteiger partial charge in [-0.05, 0) is 47.2 Å². The highest BCUT2D eigenvalue weighted by Gasteiger charge is 2.56. The fourth-order valence-corrected chi connectivity index (χ4v) is 5.94. The van der Waals surface area contributed by atoms with E-state index >= 15 is 0 Å². The van der Waals surface area contributed by atoms with Gasteiger partial charge in [-0.25, -0.2) is 0 Å². The van der Waals surface area contributed by atoms with Crippen LogP contribution in [0.2, 0.25) is 0 Å². The molecule has 0 aromatic rings. The van der Waals surface area contributed by atoms with Gasteiger partial charge in [-0.15, -0.1) is 0 Å². The van der Waals surface area contributed by atoms with Crippen LogP contribution in [-0.2, 0) is 0 Å². The number of rotatable bonds is 2. The first-order valence-corrected chi connectivity index (χ1v) is 9.14. The molecule has 0 saturated heterocycles. The summed E-state index contributed by atoms with van der Waals surface area (Å²) in [4.78, 5) is 0. The molecule has 0 bridgehead atoms. The number of hydrogen-bond donors (Lipinski definition) is 1. The monoisotopic (exact) mass is 282 g/mol. The zero-order valence-electron chi connectivity index (χ0n) is 13.6. The molecule has 0 aromatic carbocycles. The molecule has 2 fully saturated rings. The lowest BCUT2D eigenvalue weighted by atomic mass is 9.46. The quantitative estimate of drug-likeness (QED) is 0.458. The summed E-state index contributed by atoms with van der Waals surface area (Å²) in [5, 5.41) is 0. The van der Waals surface area contributed by atoms with Crippen molar-refractivity contribution in [3.8, 4) is 0 Å². The van der Waals surface area contributed by atoms with Crippen molar-refractivity contribution in [3.63, 3.8) is 0 Å². The summed E-state index contributed by atoms with van der Waals surface area (Å²) in [6.45, 7) is 10.3. The fourth-order valence-electron chi connectivity index (χ4n) is 5.28. The van der Waals surface area contributed by atoms with E-state index in [0.29, 0.717) is 16.2 Å². The number of thiol groups is 1. The zero-order chi connectivity index (χ0) is 14.1. The second-order valence-corrected chi connectivity index (χ2v) is 8.49. The highest BCUT2D eigenvalue weighted by molar-refractivity contribution is 7.80. The minimum Gasteiger partial charge on any atom is -0.179 e. The van der Waals surface area contributed by atoms with Crippen LogP contribution in [0.1, 0.15) is 85.5 Å². The lowest BCUT2D eigenvalue weighted by Gasteiger charge is -2.59. The normalized spacial score (nSPS) is 43.7. The van der Waals surface area contributed by atoms with Gasteiger partial charge in [0.25, 0.3) is 0 Å². The zero-order valence-corrected chi connectivity index (χ0v) is 14.5. The maximum Gasteiger partial charge on any atom is -0.00358 e. The van der Waals surface area contributed by atoms with E-state index in [1.165, 1.54) is 57.8 Å². The van der Waals surface area contributed by atoms with E-state index in [9.17, 15) is 0 Å². The first-order chi connectivity index (χ1) is 8.90. The van der Waals surface area contributed by atoms with Gasteiger partial charge in [-0.2, -0.15) is 12.6 Å². The van der Waals surface area contributed by atoms with Crippen molar-refractivity contribution in [1.82, 2.24) is 0 Å². The van der Waals surface area contributed by atoms with Crippen molar-refractivity contribution in [1.29, 1.82) is 0 Å². The Bertz CT molecular complexity index is 305. The van der Waals surface area contributed by atoms with E-state index in [-0.39, 0.29) is 0 Å². The molecule has 0 aliphatic heterocycles. The largest absolute Gasteiger partial charge is 0.179 e. The molecule has 0 aromatic heterocycles. The standard InChI is InChI=1S/C18H34S/c1-15-10-6-9-13-18(4,17(15,3)14-19)16(2)11-7-5-8-12-16/h15,19H,5-14H2,1-4H3/t15?,17-,18?/m0/s1. The second-order valence-electron chi connectivity index (χ2n) is 8.18. The van der Waals surface area contributed by atoms with Gasteiger partial charge in [-0.3, -0.25) is 0 Å². The summed E-state index contributed by atoms with van der Waals surface area (Å²) in [7, 11) is 0. The van der Waals surface area contributed by atoms with E-state index in [1.807, 2.05) is 0 Å². The van der Waals surface area contributed by atoms with Crippen LogP contribution in [0.4, 0.5) is 0 Å². The summed E-state index contributed by atoms with van der Waals surface area (Å²) in [6, 6.07) is 0. The third-order valence-corrected chi connectivity index (χ3v) is 8.19. The van der Waals surface area contributed by atoms with Gasteiger partial charge >= 0.3 is 0 Å². The molecule has 2 saturated carbocycles. The predicted molar refractivity (Wildman–Crippen MR) is 88.9 cm³/mol. The molecule has 0 spiro atoms. The van der Waals surface area contributed by atoms with E-state index in [0.717, 1.165) is 11.7 Å². The maximum absolute atomic E-state index is 4.83. The van der Waals surface area contributed by atoms with Gasteiger partial charge in [0.15, 0.2) is 0 Å². The van der Waals surface area contributed by atoms with Gasteiger partial charge in [-0.1, -0.05) is 66.2 Å². The van der Waals surface area contributed by atoms with Gasteiger partial charge in [0, 0.05) is 0 Å². The Balaban J connectivity index is 2.40. The van der Waals surface area contributed by atoms with Crippen molar-refractivity contribution < 1.29 is 0 Å². The van der Waals surface area contributed by atoms with Gasteiger partial charge in [0.2, 0.25) is 0 Å². The molecular formula is C18H34S. The van der Waals surface area contributed by atoms with E-state index in [4.69, 9.17) is 12.6 Å². The molecule has 1 heteroatoms. The van der Waals surface area contributed by atoms with Crippen molar-refractivity contribution >= 4 is 12.6 Å². The van der Waals surface area contributed by atoms with Crippen LogP contribution in [0.3, 0.4) is 0 Å². The molecule has 2 aliphatic rings. The van der Waals surface area contributed by atoms with Crippen molar-refractivity contribution in [3.05, 3.63) is 0 Å². The minimum absolute atomic E-state index is 0.401. The molecule has 0 amide bonds. The first-order valence-electron chi connectivity index (χ1n) is 8.50. The average Bonchev–Trinajstić information content (AvgIpc) is 2.52. The highest BCUT2D eigenvalue weighted by atomic mass is 32.1. The topological polar surface area (TPSA) is 0 Å². The third-order valence-electron chi connectivity index (χ3n) is 7.53. The lowest BCUT2D eigenvalue weighted by molar-refractivity contribution is -0.0919. The van der Waals surface area contributed by atoms with Crippen molar-refractivity contribution in [2.24, 2.45) is 22.2 Å². The Kier molecular flexibility index (Phi) is 4.65. The molecule has 3 atom stereocenters. The van der Waals surface area contributed by atoms with Gasteiger partial charge < -0.3 is 0 Å². The van der Waals surface area contributed by atoms with Gasteiger partial charge in [0.05, 0.1) is 0 Å². The average molecular weight is 283 g/mol. The fraction of sp³-hybridized carbons (Fsp3) is 1.00. The number of hydrogen-bond acceptors (Lipinski definition) is 1. The third kappa shape index (κ3) is 2.39. The summed E-state index contributed by atoms with van der Waals surface area (Å²) in [6.07, 6.45) is 12.9. The smallest absolute Gasteiger partial charge is 0.00358 e. The molecule has 0 radical (unpaired) electrons. The summed E-state index contributed by atoms with van der Waals surface area (Å²) < 4.78 is 0. The Morgan fingerprint density at radius 3 is 2.05 bits per heavy atom. The summed E-state index contributed by atoms with van der Waals surface area (Å²) >= 11 is 4.83. The van der Waals surface area contributed by atoms with Crippen LogP contribution in [0.5, 0.6) is 0 Å². The molecule has 0 N–H and O–H groups in total. The van der Waals surface area contributed by atoms with Crippen molar-refractivity contribution in [2.45, 2.75) is 85.5 Å². The minimum atomic E-state index is 0.401. The molecular weight excluding hydrogens is 248 g/mol. The van der Waals surface area contributed by atoms with Crippen LogP contribution in [0.15, 0.2) is 0 Å². The van der Waals surface area contributed by atoms with E-state index in [1.54, 1.807) is 0 Å². The Hall–Kier alpha value is 0.350. The molecule has 2 aliphatic carbocycles. The molecule has 112 valence electrons. The molecule has 2 unspecified atom stereocenters. The second kappa shape index (κ2) is 5.62. The van der Waals surface area contributed by atoms with Gasteiger partial charge in [0.1, 0.15) is 0 Å². The van der Waals surface area contributed by atoms with Crippen LogP contribution < -0.4 is 0 Å². The Morgan fingerprint density at radius 1 is 0.895 bits per heavy atom. The highest BCUT2D eigenvalue weighted by Crippen LogP contribution is 2.64. The molecule has 2 rings (SSSR count). The molecule has 0 nitrogen and oxygen atoms in total. The SMILES string of the molecule is CC1CCCCC(C)(C2(C)CCCCC2)[C@@]1(C)CS. The summed E-state index contributed by atoms with van der Waals surface area (Å²) in [5.74, 6) is 1.87. The van der Waals surface area contributed by atoms with Crippen LogP contribution in [0.25, 0.3) is 0 Å². The Morgan fingerprint density at radius 2 is 1.47 bits per heavy atom. The van der Waals surface area contributed by atoms with Crippen molar-refractivity contribution in [2.75, 3.05) is 5.75 Å². The molecule has 0 heterocycles. The lowest BCUT2D eigenvalue weighted by Crippen LogP contribution is -2.53. The Labute approximate surface area is 126 Å². The van der Waals surface area contributed by atoms with Crippen LogP contribution in [-0.4, -0.2) is 5.75 Å². The molecule has 19 heavy (non-hydrogen) atoms. The summed E-state index contributed by atoms with van der Waals surface area (Å²) in [5.41, 5.74) is 1.41.